The van der Waals surface area contributed by atoms with E-state index in [1.54, 1.807) is 25.1 Å². The van der Waals surface area contributed by atoms with Crippen LogP contribution < -0.4 is 0 Å². The number of para-hydroxylation sites is 1. The topological polar surface area (TPSA) is 60.7 Å². The Morgan fingerprint density at radius 1 is 1.31 bits per heavy atom. The van der Waals surface area contributed by atoms with E-state index < -0.39 is 6.10 Å². The lowest BCUT2D eigenvalue weighted by atomic mass is 10.0. The molecule has 1 aromatic rings. The zero-order valence-electron chi connectivity index (χ0n) is 7.57. The molecule has 0 spiro atoms. The number of rotatable bonds is 3. The number of aliphatic hydroxyl groups is 2. The van der Waals surface area contributed by atoms with Crippen molar-refractivity contribution in [3.05, 3.63) is 29.3 Å². The Labute approximate surface area is 77.3 Å². The lowest BCUT2D eigenvalue weighted by Crippen LogP contribution is -2.04. The molecule has 3 nitrogen and oxygen atoms in total. The third-order valence-corrected chi connectivity index (χ3v) is 1.89. The Morgan fingerprint density at radius 3 is 2.46 bits per heavy atom. The molecule has 0 amide bonds. The van der Waals surface area contributed by atoms with Crippen molar-refractivity contribution in [2.45, 2.75) is 26.1 Å². The first-order valence-electron chi connectivity index (χ1n) is 4.23. The predicted octanol–water partition coefficient (Wildman–Crippen LogP) is 0.808. The smallest absolute Gasteiger partial charge is 0.124 e. The van der Waals surface area contributed by atoms with E-state index in [-0.39, 0.29) is 12.4 Å². The molecule has 0 heterocycles. The summed E-state index contributed by atoms with van der Waals surface area (Å²) in [6, 6.07) is 5.14. The SMILES string of the molecule is CC(O)Cc1cccc(CO)c1O. The fourth-order valence-corrected chi connectivity index (χ4v) is 1.26. The van der Waals surface area contributed by atoms with Gasteiger partial charge in [-0.2, -0.15) is 0 Å². The maximum absolute atomic E-state index is 9.57. The van der Waals surface area contributed by atoms with Gasteiger partial charge in [-0.1, -0.05) is 18.2 Å². The van der Waals surface area contributed by atoms with E-state index in [9.17, 15) is 5.11 Å². The Kier molecular flexibility index (Phi) is 3.28. The van der Waals surface area contributed by atoms with Crippen LogP contribution in [0.25, 0.3) is 0 Å². The molecule has 1 atom stereocenters. The molecule has 1 unspecified atom stereocenters. The molecule has 0 fully saturated rings. The zero-order chi connectivity index (χ0) is 9.84. The van der Waals surface area contributed by atoms with E-state index in [1.807, 2.05) is 0 Å². The van der Waals surface area contributed by atoms with Crippen LogP contribution in [-0.4, -0.2) is 21.4 Å². The third-order valence-electron chi connectivity index (χ3n) is 1.89. The standard InChI is InChI=1S/C10H14O3/c1-7(12)5-8-3-2-4-9(6-11)10(8)13/h2-4,7,11-13H,5-6H2,1H3. The van der Waals surface area contributed by atoms with Gasteiger partial charge in [0, 0.05) is 12.0 Å². The van der Waals surface area contributed by atoms with E-state index in [1.165, 1.54) is 0 Å². The molecular formula is C10H14O3. The summed E-state index contributed by atoms with van der Waals surface area (Å²) in [5.41, 5.74) is 1.17. The monoisotopic (exact) mass is 182 g/mol. The molecule has 72 valence electrons. The van der Waals surface area contributed by atoms with Crippen LogP contribution in [-0.2, 0) is 13.0 Å². The second kappa shape index (κ2) is 4.25. The Bertz CT molecular complexity index is 281. The van der Waals surface area contributed by atoms with Crippen molar-refractivity contribution in [2.75, 3.05) is 0 Å². The fourth-order valence-electron chi connectivity index (χ4n) is 1.26. The largest absolute Gasteiger partial charge is 0.507 e. The molecule has 3 N–H and O–H groups in total. The molecule has 0 aromatic heterocycles. The second-order valence-electron chi connectivity index (χ2n) is 3.14. The molecule has 0 saturated heterocycles. The van der Waals surface area contributed by atoms with Crippen molar-refractivity contribution >= 4 is 0 Å². The molecule has 3 heteroatoms. The van der Waals surface area contributed by atoms with E-state index >= 15 is 0 Å². The van der Waals surface area contributed by atoms with Crippen LogP contribution in [0.4, 0.5) is 0 Å². The summed E-state index contributed by atoms with van der Waals surface area (Å²) in [6.07, 6.45) is -0.0838. The van der Waals surface area contributed by atoms with Crippen molar-refractivity contribution in [1.29, 1.82) is 0 Å². The minimum Gasteiger partial charge on any atom is -0.507 e. The second-order valence-corrected chi connectivity index (χ2v) is 3.14. The van der Waals surface area contributed by atoms with Crippen LogP contribution in [0.3, 0.4) is 0 Å². The first kappa shape index (κ1) is 10.0. The van der Waals surface area contributed by atoms with Gasteiger partial charge >= 0.3 is 0 Å². The van der Waals surface area contributed by atoms with Crippen LogP contribution >= 0.6 is 0 Å². The summed E-state index contributed by atoms with van der Waals surface area (Å²) in [7, 11) is 0. The normalized spacial score (nSPS) is 12.8. The summed E-state index contributed by atoms with van der Waals surface area (Å²) < 4.78 is 0. The number of aromatic hydroxyl groups is 1. The minimum absolute atomic E-state index is 0.0888. The van der Waals surface area contributed by atoms with Gasteiger partial charge < -0.3 is 15.3 Å². The van der Waals surface area contributed by atoms with E-state index in [2.05, 4.69) is 0 Å². The van der Waals surface area contributed by atoms with Crippen LogP contribution in [0.1, 0.15) is 18.1 Å². The fraction of sp³-hybridized carbons (Fsp3) is 0.400. The zero-order valence-corrected chi connectivity index (χ0v) is 7.57. The molecule has 0 bridgehead atoms. The van der Waals surface area contributed by atoms with Gasteiger partial charge in [0.1, 0.15) is 5.75 Å². The Hall–Kier alpha value is -1.06. The molecule has 0 aliphatic carbocycles. The predicted molar refractivity (Wildman–Crippen MR) is 49.4 cm³/mol. The van der Waals surface area contributed by atoms with Gasteiger partial charge in [-0.05, 0) is 12.5 Å². The Morgan fingerprint density at radius 2 is 1.92 bits per heavy atom. The number of phenols is 1. The average molecular weight is 182 g/mol. The molecule has 0 aliphatic rings. The highest BCUT2D eigenvalue weighted by molar-refractivity contribution is 5.40. The Balaban J connectivity index is 2.94. The van der Waals surface area contributed by atoms with Crippen molar-refractivity contribution in [2.24, 2.45) is 0 Å². The molecule has 13 heavy (non-hydrogen) atoms. The molecule has 1 aromatic carbocycles. The summed E-state index contributed by atoms with van der Waals surface area (Å²) in [5, 5.41) is 27.5. The summed E-state index contributed by atoms with van der Waals surface area (Å²) in [4.78, 5) is 0. The van der Waals surface area contributed by atoms with Crippen molar-refractivity contribution in [3.8, 4) is 5.75 Å². The number of aliphatic hydroxyl groups excluding tert-OH is 2. The summed E-state index contributed by atoms with van der Waals surface area (Å²) in [6.45, 7) is 1.48. The van der Waals surface area contributed by atoms with Crippen LogP contribution in [0.5, 0.6) is 5.75 Å². The van der Waals surface area contributed by atoms with Gasteiger partial charge in [-0.15, -0.1) is 0 Å². The average Bonchev–Trinajstić information content (AvgIpc) is 2.08. The van der Waals surface area contributed by atoms with Crippen molar-refractivity contribution in [3.63, 3.8) is 0 Å². The number of benzene rings is 1. The van der Waals surface area contributed by atoms with Gasteiger partial charge in [-0.3, -0.25) is 0 Å². The van der Waals surface area contributed by atoms with Crippen LogP contribution in [0.15, 0.2) is 18.2 Å². The van der Waals surface area contributed by atoms with Crippen molar-refractivity contribution < 1.29 is 15.3 Å². The van der Waals surface area contributed by atoms with E-state index in [0.29, 0.717) is 17.5 Å². The minimum atomic E-state index is -0.486. The van der Waals surface area contributed by atoms with E-state index in [4.69, 9.17) is 10.2 Å². The van der Waals surface area contributed by atoms with E-state index in [0.717, 1.165) is 0 Å². The summed E-state index contributed by atoms with van der Waals surface area (Å²) in [5.74, 6) is 0.0888. The molecular weight excluding hydrogens is 168 g/mol. The lowest BCUT2D eigenvalue weighted by Gasteiger charge is -2.09. The van der Waals surface area contributed by atoms with Gasteiger partial charge in [-0.25, -0.2) is 0 Å². The van der Waals surface area contributed by atoms with Gasteiger partial charge in [0.25, 0.3) is 0 Å². The maximum Gasteiger partial charge on any atom is 0.124 e. The highest BCUT2D eigenvalue weighted by Crippen LogP contribution is 2.23. The van der Waals surface area contributed by atoms with Crippen LogP contribution in [0, 0.1) is 0 Å². The lowest BCUT2D eigenvalue weighted by molar-refractivity contribution is 0.194. The number of hydrogen-bond donors (Lipinski definition) is 3. The molecule has 0 saturated carbocycles. The van der Waals surface area contributed by atoms with Crippen LogP contribution in [0.2, 0.25) is 0 Å². The molecule has 0 radical (unpaired) electrons. The first-order chi connectivity index (χ1) is 6.15. The highest BCUT2D eigenvalue weighted by atomic mass is 16.3. The van der Waals surface area contributed by atoms with Gasteiger partial charge in [0.15, 0.2) is 0 Å². The first-order valence-corrected chi connectivity index (χ1v) is 4.23. The van der Waals surface area contributed by atoms with Crippen molar-refractivity contribution in [1.82, 2.24) is 0 Å². The van der Waals surface area contributed by atoms with Gasteiger partial charge in [0.2, 0.25) is 0 Å². The third kappa shape index (κ3) is 2.44. The summed E-state index contributed by atoms with van der Waals surface area (Å²) >= 11 is 0. The van der Waals surface area contributed by atoms with Gasteiger partial charge in [0.05, 0.1) is 12.7 Å². The number of hydrogen-bond acceptors (Lipinski definition) is 3. The molecule has 1 rings (SSSR count). The quantitative estimate of drug-likeness (QED) is 0.648. The maximum atomic E-state index is 9.57. The highest BCUT2D eigenvalue weighted by Gasteiger charge is 2.07. The molecule has 0 aliphatic heterocycles.